The molecule has 6 heteroatoms. The minimum absolute atomic E-state index is 0.592. The first kappa shape index (κ1) is 12.8. The van der Waals surface area contributed by atoms with Crippen LogP contribution in [0.4, 0.5) is 5.82 Å². The Balaban J connectivity index is 2.62. The molecule has 96 valence electrons. The van der Waals surface area contributed by atoms with Crippen LogP contribution in [0.25, 0.3) is 11.3 Å². The summed E-state index contributed by atoms with van der Waals surface area (Å²) in [7, 11) is 5.01. The van der Waals surface area contributed by atoms with E-state index in [1.54, 1.807) is 32.0 Å². The number of hydrogen-bond acceptors (Lipinski definition) is 4. The van der Waals surface area contributed by atoms with Gasteiger partial charge < -0.3 is 15.2 Å². The van der Waals surface area contributed by atoms with Crippen LogP contribution in [0.5, 0.6) is 11.5 Å². The Morgan fingerprint density at radius 2 is 1.94 bits per heavy atom. The molecule has 0 amide bonds. The third-order valence-electron chi connectivity index (χ3n) is 2.66. The van der Waals surface area contributed by atoms with Gasteiger partial charge in [0.15, 0.2) is 0 Å². The maximum atomic E-state index is 5.80. The van der Waals surface area contributed by atoms with Crippen molar-refractivity contribution in [1.29, 1.82) is 0 Å². The average molecular weight is 312 g/mol. The number of benzene rings is 1. The van der Waals surface area contributed by atoms with Crippen molar-refractivity contribution < 1.29 is 9.47 Å². The number of nitrogens with zero attached hydrogens (tertiary/aromatic N) is 2. The van der Waals surface area contributed by atoms with Gasteiger partial charge in [-0.1, -0.05) is 0 Å². The van der Waals surface area contributed by atoms with Crippen LogP contribution in [0.2, 0.25) is 0 Å². The maximum Gasteiger partial charge on any atom is 0.133 e. The van der Waals surface area contributed by atoms with Crippen molar-refractivity contribution in [3.05, 3.63) is 22.7 Å². The molecular weight excluding hydrogens is 298 g/mol. The molecule has 1 aromatic heterocycles. The predicted octanol–water partition coefficient (Wildman–Crippen LogP) is 2.45. The van der Waals surface area contributed by atoms with Gasteiger partial charge in [-0.25, -0.2) is 0 Å². The van der Waals surface area contributed by atoms with Crippen molar-refractivity contribution in [3.8, 4) is 22.8 Å². The van der Waals surface area contributed by atoms with Crippen molar-refractivity contribution in [2.24, 2.45) is 7.05 Å². The molecule has 0 atom stereocenters. The first-order chi connectivity index (χ1) is 8.56. The summed E-state index contributed by atoms with van der Waals surface area (Å²) in [6.45, 7) is 0. The Morgan fingerprint density at radius 3 is 2.44 bits per heavy atom. The highest BCUT2D eigenvalue weighted by atomic mass is 79.9. The summed E-state index contributed by atoms with van der Waals surface area (Å²) < 4.78 is 13.0. The second kappa shape index (κ2) is 4.89. The van der Waals surface area contributed by atoms with E-state index in [2.05, 4.69) is 21.0 Å². The van der Waals surface area contributed by atoms with Crippen LogP contribution in [0.15, 0.2) is 22.7 Å². The molecule has 2 aromatic rings. The standard InChI is InChI=1S/C12H14BrN3O2/c1-16-11(14)6-9(15-16)12-8(13)4-7(17-2)5-10(12)18-3/h4-6H,14H2,1-3H3. The van der Waals surface area contributed by atoms with Crippen LogP contribution in [0.1, 0.15) is 0 Å². The molecule has 0 saturated carbocycles. The molecule has 0 aliphatic heterocycles. The van der Waals surface area contributed by atoms with Gasteiger partial charge in [-0.2, -0.15) is 5.10 Å². The van der Waals surface area contributed by atoms with Crippen LogP contribution in [0, 0.1) is 0 Å². The SMILES string of the molecule is COc1cc(Br)c(-c2cc(N)n(C)n2)c(OC)c1. The number of hydrogen-bond donors (Lipinski definition) is 1. The molecule has 0 aliphatic rings. The fraction of sp³-hybridized carbons (Fsp3) is 0.250. The lowest BCUT2D eigenvalue weighted by Gasteiger charge is -2.10. The van der Waals surface area contributed by atoms with Crippen molar-refractivity contribution in [2.75, 3.05) is 20.0 Å². The summed E-state index contributed by atoms with van der Waals surface area (Å²) in [6, 6.07) is 5.47. The number of halogens is 1. The maximum absolute atomic E-state index is 5.80. The van der Waals surface area contributed by atoms with Crippen molar-refractivity contribution in [3.63, 3.8) is 0 Å². The fourth-order valence-corrected chi connectivity index (χ4v) is 2.31. The van der Waals surface area contributed by atoms with Crippen LogP contribution in [-0.4, -0.2) is 24.0 Å². The van der Waals surface area contributed by atoms with Crippen LogP contribution in [0.3, 0.4) is 0 Å². The highest BCUT2D eigenvalue weighted by molar-refractivity contribution is 9.10. The lowest BCUT2D eigenvalue weighted by atomic mass is 10.1. The second-order valence-electron chi connectivity index (χ2n) is 3.76. The van der Waals surface area contributed by atoms with Gasteiger partial charge in [-0.15, -0.1) is 0 Å². The van der Waals surface area contributed by atoms with E-state index in [1.165, 1.54) is 0 Å². The van der Waals surface area contributed by atoms with E-state index in [1.807, 2.05) is 12.1 Å². The molecule has 18 heavy (non-hydrogen) atoms. The molecule has 0 spiro atoms. The highest BCUT2D eigenvalue weighted by Crippen LogP contribution is 2.39. The Kier molecular flexibility index (Phi) is 3.47. The van der Waals surface area contributed by atoms with Gasteiger partial charge in [0.05, 0.1) is 25.5 Å². The number of nitrogens with two attached hydrogens (primary N) is 1. The van der Waals surface area contributed by atoms with Gasteiger partial charge in [-0.3, -0.25) is 4.68 Å². The summed E-state index contributed by atoms with van der Waals surface area (Å²) >= 11 is 3.50. The summed E-state index contributed by atoms with van der Waals surface area (Å²) in [5, 5.41) is 4.35. The Hall–Kier alpha value is -1.69. The third-order valence-corrected chi connectivity index (χ3v) is 3.28. The number of aromatic nitrogens is 2. The number of methoxy groups -OCH3 is 2. The molecule has 0 aliphatic carbocycles. The molecule has 1 aromatic carbocycles. The van der Waals surface area contributed by atoms with Crippen molar-refractivity contribution in [2.45, 2.75) is 0 Å². The normalized spacial score (nSPS) is 10.4. The summed E-state index contributed by atoms with van der Waals surface area (Å²) in [4.78, 5) is 0. The number of aryl methyl sites for hydroxylation is 1. The van der Waals surface area contributed by atoms with Gasteiger partial charge in [0.1, 0.15) is 17.3 Å². The largest absolute Gasteiger partial charge is 0.497 e. The summed E-state index contributed by atoms with van der Waals surface area (Å²) in [5.74, 6) is 1.99. The van der Waals surface area contributed by atoms with E-state index < -0.39 is 0 Å². The molecule has 5 nitrogen and oxygen atoms in total. The van der Waals surface area contributed by atoms with Gasteiger partial charge in [-0.05, 0) is 22.0 Å². The van der Waals surface area contributed by atoms with E-state index in [0.29, 0.717) is 17.3 Å². The lowest BCUT2D eigenvalue weighted by Crippen LogP contribution is -1.97. The quantitative estimate of drug-likeness (QED) is 0.945. The number of nitrogen functional groups attached to an aromatic ring is 1. The Bertz CT molecular complexity index is 561. The zero-order valence-corrected chi connectivity index (χ0v) is 12.0. The van der Waals surface area contributed by atoms with Gasteiger partial charge in [0.2, 0.25) is 0 Å². The predicted molar refractivity (Wildman–Crippen MR) is 73.9 cm³/mol. The van der Waals surface area contributed by atoms with E-state index in [4.69, 9.17) is 15.2 Å². The first-order valence-corrected chi connectivity index (χ1v) is 6.07. The minimum atomic E-state index is 0.592. The fourth-order valence-electron chi connectivity index (χ4n) is 1.69. The molecule has 2 N–H and O–H groups in total. The van der Waals surface area contributed by atoms with E-state index in [9.17, 15) is 0 Å². The Morgan fingerprint density at radius 1 is 1.22 bits per heavy atom. The topological polar surface area (TPSA) is 62.3 Å². The van der Waals surface area contributed by atoms with Gasteiger partial charge in [0.25, 0.3) is 0 Å². The lowest BCUT2D eigenvalue weighted by molar-refractivity contribution is 0.395. The molecule has 0 bridgehead atoms. The average Bonchev–Trinajstić information content (AvgIpc) is 2.67. The minimum Gasteiger partial charge on any atom is -0.497 e. The second-order valence-corrected chi connectivity index (χ2v) is 4.62. The molecule has 2 rings (SSSR count). The number of ether oxygens (including phenoxy) is 2. The van der Waals surface area contributed by atoms with E-state index >= 15 is 0 Å². The third kappa shape index (κ3) is 2.15. The molecule has 0 radical (unpaired) electrons. The molecule has 0 unspecified atom stereocenters. The van der Waals surface area contributed by atoms with E-state index in [-0.39, 0.29) is 0 Å². The van der Waals surface area contributed by atoms with Crippen LogP contribution < -0.4 is 15.2 Å². The Labute approximate surface area is 114 Å². The monoisotopic (exact) mass is 311 g/mol. The highest BCUT2D eigenvalue weighted by Gasteiger charge is 2.16. The van der Waals surface area contributed by atoms with Gasteiger partial charge >= 0.3 is 0 Å². The van der Waals surface area contributed by atoms with Crippen LogP contribution in [-0.2, 0) is 7.05 Å². The number of rotatable bonds is 3. The van der Waals surface area contributed by atoms with Gasteiger partial charge in [0, 0.05) is 23.7 Å². The zero-order valence-electron chi connectivity index (χ0n) is 10.4. The molecule has 0 saturated heterocycles. The molecular formula is C12H14BrN3O2. The first-order valence-electron chi connectivity index (χ1n) is 5.28. The van der Waals surface area contributed by atoms with Crippen molar-refractivity contribution in [1.82, 2.24) is 9.78 Å². The van der Waals surface area contributed by atoms with Crippen molar-refractivity contribution >= 4 is 21.7 Å². The van der Waals surface area contributed by atoms with E-state index in [0.717, 1.165) is 15.7 Å². The zero-order chi connectivity index (χ0) is 13.3. The smallest absolute Gasteiger partial charge is 0.133 e. The number of anilines is 1. The van der Waals surface area contributed by atoms with Crippen LogP contribution >= 0.6 is 15.9 Å². The summed E-state index contributed by atoms with van der Waals surface area (Å²) in [5.41, 5.74) is 7.40. The summed E-state index contributed by atoms with van der Waals surface area (Å²) in [6.07, 6.45) is 0. The molecule has 0 fully saturated rings. The molecule has 1 heterocycles.